The molecule has 3 nitrogen and oxygen atoms in total. The molecular formula is C16H21Br2NO2. The molecule has 0 bridgehead atoms. The van der Waals surface area contributed by atoms with E-state index in [0.717, 1.165) is 67.7 Å². The molecule has 1 aromatic rings. The van der Waals surface area contributed by atoms with Crippen LogP contribution in [0.25, 0.3) is 0 Å². The predicted octanol–water partition coefficient (Wildman–Crippen LogP) is 3.76. The van der Waals surface area contributed by atoms with Crippen molar-refractivity contribution in [1.29, 1.82) is 0 Å². The first kappa shape index (κ1) is 15.8. The molecular weight excluding hydrogens is 398 g/mol. The Balaban J connectivity index is 1.59. The van der Waals surface area contributed by atoms with Gasteiger partial charge in [0.05, 0.1) is 19.3 Å². The topological polar surface area (TPSA) is 21.7 Å². The van der Waals surface area contributed by atoms with Crippen molar-refractivity contribution in [1.82, 2.24) is 4.90 Å². The number of hydrogen-bond donors (Lipinski definition) is 0. The second kappa shape index (κ2) is 7.44. The fraction of sp³-hybridized carbons (Fsp3) is 0.625. The third-order valence-corrected chi connectivity index (χ3v) is 4.97. The van der Waals surface area contributed by atoms with Crippen LogP contribution in [0.3, 0.4) is 0 Å². The van der Waals surface area contributed by atoms with Crippen molar-refractivity contribution < 1.29 is 9.47 Å². The average molecular weight is 419 g/mol. The first-order chi connectivity index (χ1) is 10.3. The Morgan fingerprint density at radius 3 is 2.86 bits per heavy atom. The zero-order chi connectivity index (χ0) is 14.7. The number of benzene rings is 1. The number of halogens is 2. The number of piperidine rings is 1. The molecule has 1 aromatic carbocycles. The van der Waals surface area contributed by atoms with Gasteiger partial charge < -0.3 is 9.47 Å². The van der Waals surface area contributed by atoms with Gasteiger partial charge in [-0.05, 0) is 30.5 Å². The molecule has 5 heteroatoms. The van der Waals surface area contributed by atoms with Crippen molar-refractivity contribution in [3.63, 3.8) is 0 Å². The average Bonchev–Trinajstić information content (AvgIpc) is 2.95. The van der Waals surface area contributed by atoms with E-state index in [1.165, 1.54) is 11.1 Å². The van der Waals surface area contributed by atoms with Crippen LogP contribution in [0.1, 0.15) is 24.0 Å². The maximum absolute atomic E-state index is 5.82. The highest BCUT2D eigenvalue weighted by molar-refractivity contribution is 9.10. The van der Waals surface area contributed by atoms with Crippen LogP contribution < -0.4 is 4.74 Å². The molecule has 1 fully saturated rings. The lowest BCUT2D eigenvalue weighted by Crippen LogP contribution is -2.36. The highest BCUT2D eigenvalue weighted by Gasteiger charge is 2.23. The van der Waals surface area contributed by atoms with E-state index < -0.39 is 0 Å². The Morgan fingerprint density at radius 1 is 1.29 bits per heavy atom. The molecule has 0 amide bonds. The van der Waals surface area contributed by atoms with Crippen molar-refractivity contribution >= 4 is 31.9 Å². The van der Waals surface area contributed by atoms with Gasteiger partial charge in [0, 0.05) is 41.4 Å². The van der Waals surface area contributed by atoms with E-state index in [0.29, 0.717) is 6.10 Å². The van der Waals surface area contributed by atoms with Crippen molar-refractivity contribution in [2.75, 3.05) is 31.6 Å². The van der Waals surface area contributed by atoms with Gasteiger partial charge in [-0.15, -0.1) is 0 Å². The molecule has 0 atom stereocenters. The molecule has 0 unspecified atom stereocenters. The molecule has 2 aliphatic rings. The molecule has 21 heavy (non-hydrogen) atoms. The Morgan fingerprint density at radius 2 is 2.10 bits per heavy atom. The number of ether oxygens (including phenoxy) is 2. The van der Waals surface area contributed by atoms with Gasteiger partial charge in [0.1, 0.15) is 5.75 Å². The van der Waals surface area contributed by atoms with Crippen LogP contribution >= 0.6 is 31.9 Å². The summed E-state index contributed by atoms with van der Waals surface area (Å²) in [5, 5.41) is 0.925. The van der Waals surface area contributed by atoms with Gasteiger partial charge in [-0.1, -0.05) is 31.9 Å². The molecule has 0 spiro atoms. The number of fused-ring (bicyclic) bond motifs is 1. The van der Waals surface area contributed by atoms with E-state index >= 15 is 0 Å². The highest BCUT2D eigenvalue weighted by atomic mass is 79.9. The predicted molar refractivity (Wildman–Crippen MR) is 91.4 cm³/mol. The van der Waals surface area contributed by atoms with Crippen LogP contribution in [0.5, 0.6) is 5.75 Å². The first-order valence-electron chi connectivity index (χ1n) is 7.60. The molecule has 0 aromatic heterocycles. The van der Waals surface area contributed by atoms with E-state index in [2.05, 4.69) is 48.9 Å². The molecule has 0 radical (unpaired) electrons. The van der Waals surface area contributed by atoms with Crippen LogP contribution in [-0.2, 0) is 17.7 Å². The summed E-state index contributed by atoms with van der Waals surface area (Å²) in [6.07, 6.45) is 3.72. The number of nitrogens with zero attached hydrogens (tertiary/aromatic N) is 1. The van der Waals surface area contributed by atoms with Gasteiger partial charge >= 0.3 is 0 Å². The van der Waals surface area contributed by atoms with Crippen molar-refractivity contribution in [3.8, 4) is 5.75 Å². The molecule has 1 saturated heterocycles. The maximum atomic E-state index is 5.82. The minimum absolute atomic E-state index is 0.434. The fourth-order valence-electron chi connectivity index (χ4n) is 3.15. The summed E-state index contributed by atoms with van der Waals surface area (Å²) in [4.78, 5) is 2.51. The summed E-state index contributed by atoms with van der Waals surface area (Å²) in [6.45, 7) is 4.83. The lowest BCUT2D eigenvalue weighted by molar-refractivity contribution is 0.0140. The summed E-state index contributed by atoms with van der Waals surface area (Å²) in [5.74, 6) is 1.12. The lowest BCUT2D eigenvalue weighted by Gasteiger charge is -2.32. The molecule has 3 rings (SSSR count). The number of rotatable bonds is 5. The lowest BCUT2D eigenvalue weighted by atomic mass is 10.0. The van der Waals surface area contributed by atoms with E-state index in [4.69, 9.17) is 9.47 Å². The van der Waals surface area contributed by atoms with Gasteiger partial charge in [0.2, 0.25) is 0 Å². The second-order valence-corrected chi connectivity index (χ2v) is 7.40. The third-order valence-electron chi connectivity index (χ3n) is 4.18. The second-order valence-electron chi connectivity index (χ2n) is 5.69. The summed E-state index contributed by atoms with van der Waals surface area (Å²) < 4.78 is 12.8. The summed E-state index contributed by atoms with van der Waals surface area (Å²) in [6, 6.07) is 4.39. The Labute approximate surface area is 143 Å². The summed E-state index contributed by atoms with van der Waals surface area (Å²) in [7, 11) is 0. The zero-order valence-electron chi connectivity index (χ0n) is 12.1. The van der Waals surface area contributed by atoms with Gasteiger partial charge in [0.15, 0.2) is 0 Å². The molecule has 2 heterocycles. The molecule has 0 N–H and O–H groups in total. The summed E-state index contributed by atoms with van der Waals surface area (Å²) >= 11 is 7.03. The van der Waals surface area contributed by atoms with E-state index in [1.54, 1.807) is 0 Å². The van der Waals surface area contributed by atoms with Gasteiger partial charge in [-0.3, -0.25) is 4.90 Å². The quantitative estimate of drug-likeness (QED) is 0.679. The first-order valence-corrected chi connectivity index (χ1v) is 9.51. The number of likely N-dealkylation sites (tertiary alicyclic amines) is 1. The Bertz CT molecular complexity index is 487. The van der Waals surface area contributed by atoms with Crippen LogP contribution in [-0.4, -0.2) is 42.6 Å². The van der Waals surface area contributed by atoms with Gasteiger partial charge in [-0.2, -0.15) is 0 Å². The summed E-state index contributed by atoms with van der Waals surface area (Å²) in [5.41, 5.74) is 2.66. The smallest absolute Gasteiger partial charge is 0.127 e. The Hall–Kier alpha value is -0.100. The molecule has 2 aliphatic heterocycles. The monoisotopic (exact) mass is 417 g/mol. The van der Waals surface area contributed by atoms with Gasteiger partial charge in [-0.25, -0.2) is 0 Å². The van der Waals surface area contributed by atoms with Crippen LogP contribution in [0.2, 0.25) is 0 Å². The third kappa shape index (κ3) is 4.01. The molecule has 0 aliphatic carbocycles. The van der Waals surface area contributed by atoms with E-state index in [9.17, 15) is 0 Å². The zero-order valence-corrected chi connectivity index (χ0v) is 15.3. The van der Waals surface area contributed by atoms with E-state index in [-0.39, 0.29) is 0 Å². The maximum Gasteiger partial charge on any atom is 0.127 e. The fourth-order valence-corrected chi connectivity index (χ4v) is 3.89. The minimum atomic E-state index is 0.434. The molecule has 116 valence electrons. The number of alkyl halides is 1. The number of hydrogen-bond acceptors (Lipinski definition) is 3. The Kier molecular flexibility index (Phi) is 5.60. The SMILES string of the molecule is BrCCOC1CCN(Cc2cc(Br)cc3c2OCC3)CC1. The standard InChI is InChI=1S/C16H21Br2NO2/c17-4-8-20-15-1-5-19(6-2-15)11-13-10-14(18)9-12-3-7-21-16(12)13/h9-10,15H,1-8,11H2. The minimum Gasteiger partial charge on any atom is -0.493 e. The van der Waals surface area contributed by atoms with E-state index in [1.807, 2.05) is 0 Å². The van der Waals surface area contributed by atoms with Crippen LogP contribution in [0, 0.1) is 0 Å². The molecule has 0 saturated carbocycles. The normalized spacial score (nSPS) is 19.5. The van der Waals surface area contributed by atoms with Crippen LogP contribution in [0.4, 0.5) is 0 Å². The van der Waals surface area contributed by atoms with Crippen molar-refractivity contribution in [2.24, 2.45) is 0 Å². The largest absolute Gasteiger partial charge is 0.493 e. The van der Waals surface area contributed by atoms with Gasteiger partial charge in [0.25, 0.3) is 0 Å². The highest BCUT2D eigenvalue weighted by Crippen LogP contribution is 2.34. The van der Waals surface area contributed by atoms with Crippen LogP contribution in [0.15, 0.2) is 16.6 Å². The van der Waals surface area contributed by atoms with Crippen molar-refractivity contribution in [2.45, 2.75) is 31.9 Å². The van der Waals surface area contributed by atoms with Crippen molar-refractivity contribution in [3.05, 3.63) is 27.7 Å².